The topological polar surface area (TPSA) is 26.3 Å². The SMILES string of the molecule is CCOC(=O)C1Cc2ccc(Br)cc2C1. The molecule has 2 nitrogen and oxygen atoms in total. The molecule has 0 bridgehead atoms. The van der Waals surface area contributed by atoms with E-state index in [-0.39, 0.29) is 11.9 Å². The van der Waals surface area contributed by atoms with Gasteiger partial charge in [0.05, 0.1) is 12.5 Å². The van der Waals surface area contributed by atoms with Gasteiger partial charge in [0, 0.05) is 4.47 Å². The van der Waals surface area contributed by atoms with Gasteiger partial charge >= 0.3 is 5.97 Å². The van der Waals surface area contributed by atoms with Crippen LogP contribution in [0.4, 0.5) is 0 Å². The highest BCUT2D eigenvalue weighted by atomic mass is 79.9. The van der Waals surface area contributed by atoms with Gasteiger partial charge in [-0.15, -0.1) is 0 Å². The van der Waals surface area contributed by atoms with Crippen LogP contribution in [0.1, 0.15) is 18.1 Å². The molecule has 0 saturated carbocycles. The maximum atomic E-state index is 11.6. The molecule has 0 saturated heterocycles. The van der Waals surface area contributed by atoms with Crippen LogP contribution in [-0.2, 0) is 22.4 Å². The molecule has 0 fully saturated rings. The van der Waals surface area contributed by atoms with E-state index in [4.69, 9.17) is 4.74 Å². The molecule has 1 aliphatic carbocycles. The third kappa shape index (κ3) is 2.23. The normalized spacial score (nSPS) is 18.7. The lowest BCUT2D eigenvalue weighted by Crippen LogP contribution is -2.17. The first-order valence-corrected chi connectivity index (χ1v) is 5.94. The van der Waals surface area contributed by atoms with Crippen LogP contribution < -0.4 is 0 Å². The van der Waals surface area contributed by atoms with E-state index >= 15 is 0 Å². The van der Waals surface area contributed by atoms with E-state index in [1.165, 1.54) is 11.1 Å². The first-order valence-electron chi connectivity index (χ1n) is 5.14. The number of halogens is 1. The van der Waals surface area contributed by atoms with Crippen LogP contribution in [0.3, 0.4) is 0 Å². The molecule has 3 heteroatoms. The van der Waals surface area contributed by atoms with Crippen molar-refractivity contribution in [3.05, 3.63) is 33.8 Å². The highest BCUT2D eigenvalue weighted by Crippen LogP contribution is 2.29. The average molecular weight is 269 g/mol. The minimum Gasteiger partial charge on any atom is -0.466 e. The summed E-state index contributed by atoms with van der Waals surface area (Å²) in [7, 11) is 0. The molecule has 80 valence electrons. The van der Waals surface area contributed by atoms with Gasteiger partial charge in [-0.2, -0.15) is 0 Å². The van der Waals surface area contributed by atoms with Crippen molar-refractivity contribution in [2.75, 3.05) is 6.61 Å². The lowest BCUT2D eigenvalue weighted by atomic mass is 10.1. The fraction of sp³-hybridized carbons (Fsp3) is 0.417. The lowest BCUT2D eigenvalue weighted by Gasteiger charge is -2.06. The maximum Gasteiger partial charge on any atom is 0.309 e. The zero-order chi connectivity index (χ0) is 10.8. The third-order valence-electron chi connectivity index (χ3n) is 2.72. The van der Waals surface area contributed by atoms with Crippen molar-refractivity contribution in [2.24, 2.45) is 5.92 Å². The molecule has 0 N–H and O–H groups in total. The number of ether oxygens (including phenoxy) is 1. The summed E-state index contributed by atoms with van der Waals surface area (Å²) in [4.78, 5) is 11.6. The molecule has 0 heterocycles. The van der Waals surface area contributed by atoms with Gasteiger partial charge in [-0.1, -0.05) is 22.0 Å². The monoisotopic (exact) mass is 268 g/mol. The molecule has 2 rings (SSSR count). The first-order chi connectivity index (χ1) is 7.20. The number of hydrogen-bond acceptors (Lipinski definition) is 2. The van der Waals surface area contributed by atoms with E-state index in [1.54, 1.807) is 0 Å². The van der Waals surface area contributed by atoms with Crippen LogP contribution in [0.25, 0.3) is 0 Å². The number of benzene rings is 1. The molecule has 0 amide bonds. The molecule has 0 radical (unpaired) electrons. The molecule has 1 aromatic rings. The molecule has 1 aliphatic rings. The van der Waals surface area contributed by atoms with Gasteiger partial charge in [0.2, 0.25) is 0 Å². The number of rotatable bonds is 2. The Hall–Kier alpha value is -0.830. The van der Waals surface area contributed by atoms with E-state index in [9.17, 15) is 4.79 Å². The molecule has 1 unspecified atom stereocenters. The summed E-state index contributed by atoms with van der Waals surface area (Å²) >= 11 is 3.44. The highest BCUT2D eigenvalue weighted by Gasteiger charge is 2.28. The van der Waals surface area contributed by atoms with E-state index < -0.39 is 0 Å². The Bertz CT molecular complexity index is 387. The fourth-order valence-corrected chi connectivity index (χ4v) is 2.42. The molecule has 0 spiro atoms. The van der Waals surface area contributed by atoms with Crippen LogP contribution >= 0.6 is 15.9 Å². The van der Waals surface area contributed by atoms with Crippen LogP contribution in [0.5, 0.6) is 0 Å². The molecule has 0 aliphatic heterocycles. The summed E-state index contributed by atoms with van der Waals surface area (Å²) in [6, 6.07) is 6.19. The van der Waals surface area contributed by atoms with Crippen molar-refractivity contribution in [3.63, 3.8) is 0 Å². The summed E-state index contributed by atoms with van der Waals surface area (Å²) in [5.41, 5.74) is 2.54. The molecule has 0 aromatic heterocycles. The smallest absolute Gasteiger partial charge is 0.309 e. The molecule has 1 aromatic carbocycles. The van der Waals surface area contributed by atoms with Crippen molar-refractivity contribution in [2.45, 2.75) is 19.8 Å². The average Bonchev–Trinajstić information content (AvgIpc) is 2.60. The van der Waals surface area contributed by atoms with Gasteiger partial charge in [-0.25, -0.2) is 0 Å². The number of carbonyl (C=O) groups excluding carboxylic acids is 1. The van der Waals surface area contributed by atoms with Gasteiger partial charge in [-0.3, -0.25) is 4.79 Å². The Balaban J connectivity index is 2.12. The molecule has 1 atom stereocenters. The summed E-state index contributed by atoms with van der Waals surface area (Å²) in [6.07, 6.45) is 1.63. The van der Waals surface area contributed by atoms with Gasteiger partial charge < -0.3 is 4.74 Å². The number of carbonyl (C=O) groups is 1. The summed E-state index contributed by atoms with van der Waals surface area (Å²) in [6.45, 7) is 2.31. The van der Waals surface area contributed by atoms with Crippen LogP contribution in [0, 0.1) is 5.92 Å². The van der Waals surface area contributed by atoms with Gasteiger partial charge in [-0.05, 0) is 43.0 Å². The van der Waals surface area contributed by atoms with E-state index in [1.807, 2.05) is 13.0 Å². The van der Waals surface area contributed by atoms with E-state index in [2.05, 4.69) is 28.1 Å². The third-order valence-corrected chi connectivity index (χ3v) is 3.21. The van der Waals surface area contributed by atoms with Crippen molar-refractivity contribution in [3.8, 4) is 0 Å². The summed E-state index contributed by atoms with van der Waals surface area (Å²) in [5.74, 6) is -0.0425. The first kappa shape index (κ1) is 10.7. The Labute approximate surface area is 97.8 Å². The summed E-state index contributed by atoms with van der Waals surface area (Å²) < 4.78 is 6.11. The second-order valence-corrected chi connectivity index (χ2v) is 4.69. The Morgan fingerprint density at radius 1 is 1.47 bits per heavy atom. The number of fused-ring (bicyclic) bond motifs is 1. The number of esters is 1. The van der Waals surface area contributed by atoms with Crippen molar-refractivity contribution >= 4 is 21.9 Å². The zero-order valence-electron chi connectivity index (χ0n) is 8.63. The van der Waals surface area contributed by atoms with Crippen molar-refractivity contribution in [1.29, 1.82) is 0 Å². The Morgan fingerprint density at radius 2 is 2.20 bits per heavy atom. The van der Waals surface area contributed by atoms with Crippen LogP contribution in [-0.4, -0.2) is 12.6 Å². The molecular formula is C12H13BrO2. The largest absolute Gasteiger partial charge is 0.466 e. The maximum absolute atomic E-state index is 11.6. The van der Waals surface area contributed by atoms with Gasteiger partial charge in [0.1, 0.15) is 0 Å². The zero-order valence-corrected chi connectivity index (χ0v) is 10.2. The molecular weight excluding hydrogens is 256 g/mol. The highest BCUT2D eigenvalue weighted by molar-refractivity contribution is 9.10. The van der Waals surface area contributed by atoms with Gasteiger partial charge in [0.25, 0.3) is 0 Å². The Kier molecular flexibility index (Phi) is 3.10. The molecule has 15 heavy (non-hydrogen) atoms. The van der Waals surface area contributed by atoms with Crippen LogP contribution in [0.15, 0.2) is 22.7 Å². The predicted octanol–water partition coefficient (Wildman–Crippen LogP) is 2.73. The minimum atomic E-state index is -0.0650. The predicted molar refractivity (Wildman–Crippen MR) is 61.7 cm³/mol. The van der Waals surface area contributed by atoms with E-state index in [0.29, 0.717) is 6.61 Å². The summed E-state index contributed by atoms with van der Waals surface area (Å²) in [5, 5.41) is 0. The fourth-order valence-electron chi connectivity index (χ4n) is 2.01. The second-order valence-electron chi connectivity index (χ2n) is 3.77. The second kappa shape index (κ2) is 4.35. The quantitative estimate of drug-likeness (QED) is 0.772. The van der Waals surface area contributed by atoms with Crippen LogP contribution in [0.2, 0.25) is 0 Å². The standard InChI is InChI=1S/C12H13BrO2/c1-2-15-12(14)10-5-8-3-4-11(13)7-9(8)6-10/h3-4,7,10H,2,5-6H2,1H3. The van der Waals surface area contributed by atoms with Gasteiger partial charge in [0.15, 0.2) is 0 Å². The lowest BCUT2D eigenvalue weighted by molar-refractivity contribution is -0.147. The van der Waals surface area contributed by atoms with E-state index in [0.717, 1.165) is 17.3 Å². The van der Waals surface area contributed by atoms with Crippen molar-refractivity contribution < 1.29 is 9.53 Å². The van der Waals surface area contributed by atoms with Crippen molar-refractivity contribution in [1.82, 2.24) is 0 Å². The Morgan fingerprint density at radius 3 is 2.93 bits per heavy atom. The number of hydrogen-bond donors (Lipinski definition) is 0. The minimum absolute atomic E-state index is 0.0225.